The summed E-state index contributed by atoms with van der Waals surface area (Å²) in [4.78, 5) is 11.2. The number of carbonyl (C=O) groups excluding carboxylic acids is 1. The Bertz CT molecular complexity index is 355. The summed E-state index contributed by atoms with van der Waals surface area (Å²) in [6, 6.07) is 8.16. The zero-order valence-corrected chi connectivity index (χ0v) is 9.79. The summed E-state index contributed by atoms with van der Waals surface area (Å²) >= 11 is 0. The van der Waals surface area contributed by atoms with Crippen molar-refractivity contribution in [2.45, 2.75) is 20.3 Å². The minimum Gasteiger partial charge on any atom is -0.338 e. The van der Waals surface area contributed by atoms with Crippen LogP contribution in [0.15, 0.2) is 36.5 Å². The summed E-state index contributed by atoms with van der Waals surface area (Å²) in [5.74, 6) is 0. The summed E-state index contributed by atoms with van der Waals surface area (Å²) in [6.45, 7) is 4.56. The smallest absolute Gasteiger partial charge is 0.318 e. The molecule has 0 aliphatic rings. The number of carbonyl (C=O) groups is 1. The predicted octanol–water partition coefficient (Wildman–Crippen LogP) is 2.37. The van der Waals surface area contributed by atoms with Crippen LogP contribution in [-0.4, -0.2) is 12.6 Å². The molecule has 1 aromatic carbocycles. The van der Waals surface area contributed by atoms with Crippen LogP contribution < -0.4 is 10.6 Å². The predicted molar refractivity (Wildman–Crippen MR) is 66.2 cm³/mol. The lowest BCUT2D eigenvalue weighted by atomic mass is 10.1. The summed E-state index contributed by atoms with van der Waals surface area (Å²) in [6.07, 6.45) is 4.24. The highest BCUT2D eigenvalue weighted by molar-refractivity contribution is 5.74. The van der Waals surface area contributed by atoms with E-state index in [-0.39, 0.29) is 6.03 Å². The third-order valence-corrected chi connectivity index (χ3v) is 2.20. The van der Waals surface area contributed by atoms with Gasteiger partial charge in [-0.1, -0.05) is 35.9 Å². The average Bonchev–Trinajstić information content (AvgIpc) is 2.29. The lowest BCUT2D eigenvalue weighted by molar-refractivity contribution is 0.244. The van der Waals surface area contributed by atoms with Crippen LogP contribution in [0.5, 0.6) is 0 Å². The molecule has 0 saturated carbocycles. The van der Waals surface area contributed by atoms with Gasteiger partial charge in [0, 0.05) is 12.7 Å². The lowest BCUT2D eigenvalue weighted by Crippen LogP contribution is -2.33. The SMILES string of the molecule is C/C=C/NC(=O)NCCc1ccc(C)cc1. The molecule has 0 aromatic heterocycles. The van der Waals surface area contributed by atoms with E-state index in [0.717, 1.165) is 6.42 Å². The minimum absolute atomic E-state index is 0.162. The third-order valence-electron chi connectivity index (χ3n) is 2.20. The highest BCUT2D eigenvalue weighted by atomic mass is 16.2. The van der Waals surface area contributed by atoms with Gasteiger partial charge in [0.25, 0.3) is 0 Å². The second kappa shape index (κ2) is 6.67. The van der Waals surface area contributed by atoms with Crippen LogP contribution >= 0.6 is 0 Å². The van der Waals surface area contributed by atoms with Crippen molar-refractivity contribution >= 4 is 6.03 Å². The maximum atomic E-state index is 11.2. The van der Waals surface area contributed by atoms with Crippen molar-refractivity contribution < 1.29 is 4.79 Å². The second-order valence-electron chi connectivity index (χ2n) is 3.64. The van der Waals surface area contributed by atoms with Gasteiger partial charge in [0.05, 0.1) is 0 Å². The maximum absolute atomic E-state index is 11.2. The third kappa shape index (κ3) is 4.64. The van der Waals surface area contributed by atoms with E-state index in [1.807, 2.05) is 6.92 Å². The molecular formula is C13H18N2O. The van der Waals surface area contributed by atoms with Crippen LogP contribution in [0.2, 0.25) is 0 Å². The molecule has 0 aliphatic heterocycles. The van der Waals surface area contributed by atoms with Gasteiger partial charge in [-0.3, -0.25) is 0 Å². The van der Waals surface area contributed by atoms with Gasteiger partial charge in [0.2, 0.25) is 0 Å². The number of urea groups is 1. The van der Waals surface area contributed by atoms with Crippen LogP contribution in [-0.2, 0) is 6.42 Å². The van der Waals surface area contributed by atoms with Crippen LogP contribution in [0.1, 0.15) is 18.1 Å². The largest absolute Gasteiger partial charge is 0.338 e. The fourth-order valence-electron chi connectivity index (χ4n) is 1.29. The normalized spacial score (nSPS) is 10.4. The van der Waals surface area contributed by atoms with Gasteiger partial charge >= 0.3 is 6.03 Å². The molecule has 86 valence electrons. The fourth-order valence-corrected chi connectivity index (χ4v) is 1.29. The Balaban J connectivity index is 2.25. The molecule has 2 N–H and O–H groups in total. The number of nitrogens with one attached hydrogen (secondary N) is 2. The van der Waals surface area contributed by atoms with Gasteiger partial charge in [-0.15, -0.1) is 0 Å². The highest BCUT2D eigenvalue weighted by Crippen LogP contribution is 2.02. The van der Waals surface area contributed by atoms with Crippen LogP contribution in [0.4, 0.5) is 4.79 Å². The van der Waals surface area contributed by atoms with Crippen molar-refractivity contribution in [3.63, 3.8) is 0 Å². The Morgan fingerprint density at radius 3 is 2.62 bits per heavy atom. The molecule has 0 bridgehead atoms. The topological polar surface area (TPSA) is 41.1 Å². The van der Waals surface area contributed by atoms with Crippen molar-refractivity contribution in [3.05, 3.63) is 47.7 Å². The van der Waals surface area contributed by atoms with Gasteiger partial charge in [-0.25, -0.2) is 4.79 Å². The van der Waals surface area contributed by atoms with Gasteiger partial charge in [0.1, 0.15) is 0 Å². The molecule has 0 aliphatic carbocycles. The summed E-state index contributed by atoms with van der Waals surface area (Å²) in [7, 11) is 0. The number of hydrogen-bond acceptors (Lipinski definition) is 1. The molecule has 0 unspecified atom stereocenters. The molecule has 0 heterocycles. The first-order valence-electron chi connectivity index (χ1n) is 5.43. The highest BCUT2D eigenvalue weighted by Gasteiger charge is 1.96. The van der Waals surface area contributed by atoms with Gasteiger partial charge in [-0.2, -0.15) is 0 Å². The number of rotatable bonds is 4. The molecule has 3 nitrogen and oxygen atoms in total. The molecule has 16 heavy (non-hydrogen) atoms. The molecular weight excluding hydrogens is 200 g/mol. The molecule has 0 fully saturated rings. The Kier molecular flexibility index (Phi) is 5.12. The average molecular weight is 218 g/mol. The van der Waals surface area contributed by atoms with Crippen molar-refractivity contribution in [1.29, 1.82) is 0 Å². The standard InChI is InChI=1S/C13H18N2O/c1-3-9-14-13(16)15-10-8-12-6-4-11(2)5-7-12/h3-7,9H,8,10H2,1-2H3,(H2,14,15,16)/b9-3+. The van der Waals surface area contributed by atoms with Crippen LogP contribution in [0.3, 0.4) is 0 Å². The van der Waals surface area contributed by atoms with E-state index in [4.69, 9.17) is 0 Å². The first-order valence-corrected chi connectivity index (χ1v) is 5.43. The second-order valence-corrected chi connectivity index (χ2v) is 3.64. The van der Waals surface area contributed by atoms with Crippen LogP contribution in [0.25, 0.3) is 0 Å². The Hall–Kier alpha value is -1.77. The van der Waals surface area contributed by atoms with Gasteiger partial charge in [-0.05, 0) is 25.8 Å². The molecule has 1 aromatic rings. The van der Waals surface area contributed by atoms with E-state index < -0.39 is 0 Å². The number of hydrogen-bond donors (Lipinski definition) is 2. The van der Waals surface area contributed by atoms with E-state index in [9.17, 15) is 4.79 Å². The Morgan fingerprint density at radius 2 is 2.00 bits per heavy atom. The molecule has 0 saturated heterocycles. The quantitative estimate of drug-likeness (QED) is 0.800. The molecule has 3 heteroatoms. The van der Waals surface area contributed by atoms with Crippen molar-refractivity contribution in [2.24, 2.45) is 0 Å². The van der Waals surface area contributed by atoms with Gasteiger partial charge in [0.15, 0.2) is 0 Å². The van der Waals surface area contributed by atoms with E-state index >= 15 is 0 Å². The van der Waals surface area contributed by atoms with Crippen molar-refractivity contribution in [3.8, 4) is 0 Å². The van der Waals surface area contributed by atoms with Gasteiger partial charge < -0.3 is 10.6 Å². The monoisotopic (exact) mass is 218 g/mol. The first kappa shape index (κ1) is 12.3. The number of benzene rings is 1. The molecule has 2 amide bonds. The lowest BCUT2D eigenvalue weighted by Gasteiger charge is -2.04. The summed E-state index contributed by atoms with van der Waals surface area (Å²) in [5, 5.41) is 5.38. The zero-order chi connectivity index (χ0) is 11.8. The van der Waals surface area contributed by atoms with Crippen molar-refractivity contribution in [2.75, 3.05) is 6.54 Å². The van der Waals surface area contributed by atoms with Crippen molar-refractivity contribution in [1.82, 2.24) is 10.6 Å². The van der Waals surface area contributed by atoms with E-state index in [0.29, 0.717) is 6.54 Å². The molecule has 0 radical (unpaired) electrons. The van der Waals surface area contributed by atoms with E-state index in [1.165, 1.54) is 11.1 Å². The van der Waals surface area contributed by atoms with E-state index in [2.05, 4.69) is 41.8 Å². The zero-order valence-electron chi connectivity index (χ0n) is 9.79. The summed E-state index contributed by atoms with van der Waals surface area (Å²) in [5.41, 5.74) is 2.49. The Labute approximate surface area is 96.6 Å². The molecule has 1 rings (SSSR count). The molecule has 0 atom stereocenters. The maximum Gasteiger partial charge on any atom is 0.318 e. The van der Waals surface area contributed by atoms with E-state index in [1.54, 1.807) is 12.3 Å². The number of amides is 2. The summed E-state index contributed by atoms with van der Waals surface area (Å²) < 4.78 is 0. The number of allylic oxidation sites excluding steroid dienone is 1. The molecule has 0 spiro atoms. The van der Waals surface area contributed by atoms with Crippen LogP contribution in [0, 0.1) is 6.92 Å². The fraction of sp³-hybridized carbons (Fsp3) is 0.308. The number of aryl methyl sites for hydroxylation is 1. The minimum atomic E-state index is -0.162. The first-order chi connectivity index (χ1) is 7.72. The Morgan fingerprint density at radius 1 is 1.31 bits per heavy atom.